The van der Waals surface area contributed by atoms with Crippen molar-refractivity contribution in [3.05, 3.63) is 12.2 Å². The Hall–Kier alpha value is -0.940. The average molecular weight is 250 g/mol. The third kappa shape index (κ3) is 2.17. The van der Waals surface area contributed by atoms with E-state index in [1.54, 1.807) is 6.33 Å². The van der Waals surface area contributed by atoms with Crippen LogP contribution in [0.5, 0.6) is 0 Å². The van der Waals surface area contributed by atoms with Gasteiger partial charge in [-0.15, -0.1) is 0 Å². The van der Waals surface area contributed by atoms with Crippen molar-refractivity contribution in [1.82, 2.24) is 19.7 Å². The highest BCUT2D eigenvalue weighted by atomic mass is 16.3. The highest BCUT2D eigenvalue weighted by Crippen LogP contribution is 2.36. The number of aryl methyl sites for hydroxylation is 1. The van der Waals surface area contributed by atoms with Gasteiger partial charge in [0.25, 0.3) is 0 Å². The van der Waals surface area contributed by atoms with Crippen molar-refractivity contribution in [2.45, 2.75) is 50.8 Å². The number of aliphatic hydroxyl groups is 1. The summed E-state index contributed by atoms with van der Waals surface area (Å²) in [4.78, 5) is 6.80. The molecule has 0 spiro atoms. The van der Waals surface area contributed by atoms with Gasteiger partial charge in [-0.2, -0.15) is 5.10 Å². The van der Waals surface area contributed by atoms with Crippen molar-refractivity contribution in [1.29, 1.82) is 0 Å². The summed E-state index contributed by atoms with van der Waals surface area (Å²) in [6, 6.07) is 0.541. The van der Waals surface area contributed by atoms with E-state index < -0.39 is 0 Å². The van der Waals surface area contributed by atoms with Crippen molar-refractivity contribution in [2.75, 3.05) is 6.54 Å². The van der Waals surface area contributed by atoms with Crippen LogP contribution in [0.3, 0.4) is 0 Å². The minimum absolute atomic E-state index is 0.0879. The number of hydrogen-bond acceptors (Lipinski definition) is 4. The largest absolute Gasteiger partial charge is 0.393 e. The van der Waals surface area contributed by atoms with Crippen LogP contribution in [0.2, 0.25) is 0 Å². The van der Waals surface area contributed by atoms with Crippen LogP contribution in [0.25, 0.3) is 0 Å². The topological polar surface area (TPSA) is 54.2 Å². The molecule has 2 fully saturated rings. The molecule has 5 nitrogen and oxygen atoms in total. The van der Waals surface area contributed by atoms with E-state index in [9.17, 15) is 5.11 Å². The molecular weight excluding hydrogens is 228 g/mol. The molecule has 0 radical (unpaired) electrons. The van der Waals surface area contributed by atoms with Crippen molar-refractivity contribution in [2.24, 2.45) is 13.0 Å². The molecule has 1 aromatic heterocycles. The van der Waals surface area contributed by atoms with Crippen LogP contribution in [0.1, 0.15) is 37.9 Å². The van der Waals surface area contributed by atoms with Crippen molar-refractivity contribution in [3.63, 3.8) is 0 Å². The molecule has 0 amide bonds. The minimum Gasteiger partial charge on any atom is -0.393 e. The molecule has 2 heterocycles. The lowest BCUT2D eigenvalue weighted by Crippen LogP contribution is -2.39. The van der Waals surface area contributed by atoms with Gasteiger partial charge < -0.3 is 5.11 Å². The molecular formula is C13H22N4O. The van der Waals surface area contributed by atoms with Gasteiger partial charge in [0.15, 0.2) is 0 Å². The molecule has 2 aliphatic rings. The maximum atomic E-state index is 10.1. The van der Waals surface area contributed by atoms with Crippen molar-refractivity contribution >= 4 is 0 Å². The summed E-state index contributed by atoms with van der Waals surface area (Å²) in [6.45, 7) is 1.99. The molecule has 100 valence electrons. The molecule has 0 bridgehead atoms. The Morgan fingerprint density at radius 1 is 1.33 bits per heavy atom. The van der Waals surface area contributed by atoms with Gasteiger partial charge in [-0.25, -0.2) is 4.98 Å². The van der Waals surface area contributed by atoms with Crippen LogP contribution in [0, 0.1) is 5.92 Å². The number of likely N-dealkylation sites (tertiary alicyclic amines) is 1. The maximum Gasteiger partial charge on any atom is 0.140 e. The first-order valence-corrected chi connectivity index (χ1v) is 7.00. The molecule has 0 aromatic carbocycles. The zero-order valence-corrected chi connectivity index (χ0v) is 11.0. The summed E-state index contributed by atoms with van der Waals surface area (Å²) in [5.74, 6) is 1.50. The van der Waals surface area contributed by atoms with Gasteiger partial charge in [0.2, 0.25) is 0 Å². The van der Waals surface area contributed by atoms with Gasteiger partial charge >= 0.3 is 0 Å². The second kappa shape index (κ2) is 4.97. The van der Waals surface area contributed by atoms with E-state index in [1.165, 1.54) is 25.7 Å². The third-order valence-electron chi connectivity index (χ3n) is 4.59. The maximum absolute atomic E-state index is 10.1. The van der Waals surface area contributed by atoms with Crippen LogP contribution < -0.4 is 0 Å². The van der Waals surface area contributed by atoms with E-state index in [1.807, 2.05) is 11.7 Å². The van der Waals surface area contributed by atoms with Crippen molar-refractivity contribution < 1.29 is 5.11 Å². The highest BCUT2D eigenvalue weighted by molar-refractivity contribution is 4.94. The first kappa shape index (κ1) is 12.1. The fourth-order valence-electron chi connectivity index (χ4n) is 3.60. The van der Waals surface area contributed by atoms with Gasteiger partial charge in [0, 0.05) is 19.0 Å². The Bertz CT molecular complexity index is 405. The molecule has 1 saturated carbocycles. The number of aromatic nitrogens is 3. The lowest BCUT2D eigenvalue weighted by molar-refractivity contribution is 0.0704. The normalized spacial score (nSPS) is 33.3. The van der Waals surface area contributed by atoms with Crippen LogP contribution in [0.15, 0.2) is 6.33 Å². The molecule has 3 unspecified atom stereocenters. The third-order valence-corrected chi connectivity index (χ3v) is 4.59. The number of nitrogens with zero attached hydrogens (tertiary/aromatic N) is 4. The van der Waals surface area contributed by atoms with Gasteiger partial charge in [0.1, 0.15) is 12.2 Å². The Morgan fingerprint density at radius 2 is 2.22 bits per heavy atom. The molecule has 1 aliphatic carbocycles. The molecule has 1 aromatic rings. The minimum atomic E-state index is -0.0879. The summed E-state index contributed by atoms with van der Waals surface area (Å²) in [5, 5.41) is 14.2. The van der Waals surface area contributed by atoms with Crippen LogP contribution in [0.4, 0.5) is 0 Å². The van der Waals surface area contributed by atoms with Gasteiger partial charge in [-0.05, 0) is 32.2 Å². The Kier molecular flexibility index (Phi) is 3.35. The van der Waals surface area contributed by atoms with Crippen LogP contribution in [-0.4, -0.2) is 43.5 Å². The summed E-state index contributed by atoms with van der Waals surface area (Å²) < 4.78 is 1.85. The zero-order valence-electron chi connectivity index (χ0n) is 11.0. The summed E-state index contributed by atoms with van der Waals surface area (Å²) in [7, 11) is 1.94. The molecule has 18 heavy (non-hydrogen) atoms. The predicted octanol–water partition coefficient (Wildman–Crippen LogP) is 0.940. The number of rotatable bonds is 3. The fraction of sp³-hybridized carbons (Fsp3) is 0.846. The average Bonchev–Trinajstić information content (AvgIpc) is 3.03. The van der Waals surface area contributed by atoms with E-state index >= 15 is 0 Å². The van der Waals surface area contributed by atoms with Gasteiger partial charge in [-0.1, -0.05) is 6.42 Å². The van der Waals surface area contributed by atoms with Crippen LogP contribution in [-0.2, 0) is 13.6 Å². The summed E-state index contributed by atoms with van der Waals surface area (Å²) in [5.41, 5.74) is 0. The fourth-order valence-corrected chi connectivity index (χ4v) is 3.60. The van der Waals surface area contributed by atoms with Gasteiger partial charge in [-0.3, -0.25) is 9.58 Å². The smallest absolute Gasteiger partial charge is 0.140 e. The lowest BCUT2D eigenvalue weighted by atomic mass is 9.94. The van der Waals surface area contributed by atoms with E-state index in [-0.39, 0.29) is 6.10 Å². The second-order valence-electron chi connectivity index (χ2n) is 5.64. The molecule has 5 heteroatoms. The zero-order chi connectivity index (χ0) is 12.5. The summed E-state index contributed by atoms with van der Waals surface area (Å²) in [6.07, 6.45) is 7.34. The molecule has 1 saturated heterocycles. The summed E-state index contributed by atoms with van der Waals surface area (Å²) >= 11 is 0. The van der Waals surface area contributed by atoms with Crippen LogP contribution >= 0.6 is 0 Å². The van der Waals surface area contributed by atoms with E-state index in [4.69, 9.17) is 0 Å². The molecule has 1 aliphatic heterocycles. The number of aliphatic hydroxyl groups excluding tert-OH is 1. The highest BCUT2D eigenvalue weighted by Gasteiger charge is 2.38. The standard InChI is InChI=1S/C13H22N4O/c1-16-13(14-9-15-16)8-17-7-3-5-11(17)10-4-2-6-12(10)18/h9-12,18H,2-8H2,1H3. The Labute approximate surface area is 108 Å². The van der Waals surface area contributed by atoms with Crippen molar-refractivity contribution in [3.8, 4) is 0 Å². The molecule has 3 atom stereocenters. The SMILES string of the molecule is Cn1ncnc1CN1CCCC1C1CCCC1O. The number of hydrogen-bond donors (Lipinski definition) is 1. The van der Waals surface area contributed by atoms with E-state index in [0.717, 1.165) is 25.3 Å². The quantitative estimate of drug-likeness (QED) is 0.867. The van der Waals surface area contributed by atoms with Gasteiger partial charge in [0.05, 0.1) is 12.6 Å². The first-order valence-electron chi connectivity index (χ1n) is 7.00. The Morgan fingerprint density at radius 3 is 2.89 bits per heavy atom. The predicted molar refractivity (Wildman–Crippen MR) is 67.8 cm³/mol. The second-order valence-corrected chi connectivity index (χ2v) is 5.64. The van der Waals surface area contributed by atoms with E-state index in [0.29, 0.717) is 12.0 Å². The molecule has 1 N–H and O–H groups in total. The lowest BCUT2D eigenvalue weighted by Gasteiger charge is -2.30. The first-order chi connectivity index (χ1) is 8.75. The van der Waals surface area contributed by atoms with E-state index in [2.05, 4.69) is 15.0 Å². The monoisotopic (exact) mass is 250 g/mol. The Balaban J connectivity index is 1.69. The molecule has 3 rings (SSSR count).